The predicted octanol–water partition coefficient (Wildman–Crippen LogP) is 2.83. The van der Waals surface area contributed by atoms with Gasteiger partial charge in [0.15, 0.2) is 0 Å². The second-order valence-corrected chi connectivity index (χ2v) is 5.37. The smallest absolute Gasteiger partial charge is 0.110 e. The summed E-state index contributed by atoms with van der Waals surface area (Å²) in [5.74, 6) is 0. The number of halogens is 2. The van der Waals surface area contributed by atoms with Gasteiger partial charge in [-0.05, 0) is 51.2 Å². The number of nitriles is 1. The van der Waals surface area contributed by atoms with Crippen LogP contribution in [0.2, 0.25) is 0 Å². The lowest BCUT2D eigenvalue weighted by Gasteiger charge is -1.74. The van der Waals surface area contributed by atoms with Gasteiger partial charge in [-0.1, -0.05) is 0 Å². The Morgan fingerprint density at radius 3 is 2.44 bits per heavy atom. The summed E-state index contributed by atoms with van der Waals surface area (Å²) in [6.07, 6.45) is 0. The minimum Gasteiger partial charge on any atom is -0.192 e. The minimum atomic E-state index is 0.795. The molecule has 0 bridgehead atoms. The molecule has 1 aromatic rings. The first-order chi connectivity index (χ1) is 4.24. The molecule has 0 spiro atoms. The van der Waals surface area contributed by atoms with Crippen molar-refractivity contribution in [3.8, 4) is 6.07 Å². The van der Waals surface area contributed by atoms with Gasteiger partial charge in [0.05, 0.1) is 2.88 Å². The molecule has 0 aliphatic rings. The largest absolute Gasteiger partial charge is 0.192 e. The number of hydrogen-bond donors (Lipinski definition) is 0. The van der Waals surface area contributed by atoms with Crippen molar-refractivity contribution in [3.63, 3.8) is 0 Å². The van der Waals surface area contributed by atoms with Crippen molar-refractivity contribution in [2.24, 2.45) is 0 Å². The molecule has 0 atom stereocenters. The summed E-state index contributed by atoms with van der Waals surface area (Å²) in [5.41, 5.74) is 0. The average Bonchev–Trinajstić information content (AvgIpc) is 2.13. The van der Waals surface area contributed by atoms with Crippen molar-refractivity contribution in [2.75, 3.05) is 0 Å². The summed E-state index contributed by atoms with van der Waals surface area (Å²) in [4.78, 5) is 0.795. The maximum Gasteiger partial charge on any atom is 0.110 e. The maximum absolute atomic E-state index is 8.43. The van der Waals surface area contributed by atoms with E-state index in [1.807, 2.05) is 6.07 Å². The van der Waals surface area contributed by atoms with E-state index in [9.17, 15) is 0 Å². The van der Waals surface area contributed by atoms with E-state index in [0.29, 0.717) is 0 Å². The van der Waals surface area contributed by atoms with E-state index in [-0.39, 0.29) is 0 Å². The van der Waals surface area contributed by atoms with Crippen LogP contribution in [-0.2, 0) is 0 Å². The lowest BCUT2D eigenvalue weighted by Crippen LogP contribution is -1.59. The summed E-state index contributed by atoms with van der Waals surface area (Å²) in [5, 5.41) is 8.43. The standard InChI is InChI=1S/C5HI2NS/c6-4-1-3(2-8)9-5(4)7/h1H. The summed E-state index contributed by atoms with van der Waals surface area (Å²) in [6, 6.07) is 3.99. The van der Waals surface area contributed by atoms with Gasteiger partial charge in [0, 0.05) is 3.57 Å². The Hall–Kier alpha value is 0.650. The number of nitrogens with zero attached hydrogens (tertiary/aromatic N) is 1. The lowest BCUT2D eigenvalue weighted by molar-refractivity contribution is 1.52. The van der Waals surface area contributed by atoms with Gasteiger partial charge in [-0.3, -0.25) is 0 Å². The summed E-state index contributed by atoms with van der Waals surface area (Å²) >= 11 is 5.98. The fourth-order valence-electron chi connectivity index (χ4n) is 0.402. The number of hydrogen-bond acceptors (Lipinski definition) is 2. The maximum atomic E-state index is 8.43. The van der Waals surface area contributed by atoms with Crippen molar-refractivity contribution < 1.29 is 0 Å². The molecule has 0 radical (unpaired) electrons. The molecular formula is C5HI2NS. The molecule has 1 nitrogen and oxygen atoms in total. The molecule has 0 fully saturated rings. The fourth-order valence-corrected chi connectivity index (χ4v) is 2.69. The molecule has 46 valence electrons. The third-order valence-electron chi connectivity index (χ3n) is 0.755. The Labute approximate surface area is 84.4 Å². The second kappa shape index (κ2) is 3.16. The molecule has 0 aromatic carbocycles. The highest BCUT2D eigenvalue weighted by molar-refractivity contribution is 14.1. The van der Waals surface area contributed by atoms with Crippen molar-refractivity contribution in [1.82, 2.24) is 0 Å². The molecule has 1 heterocycles. The van der Waals surface area contributed by atoms with Crippen molar-refractivity contribution in [1.29, 1.82) is 5.26 Å². The number of rotatable bonds is 0. The van der Waals surface area contributed by atoms with Crippen LogP contribution < -0.4 is 0 Å². The van der Waals surface area contributed by atoms with Crippen LogP contribution in [0.15, 0.2) is 6.07 Å². The molecular weight excluding hydrogens is 360 g/mol. The van der Waals surface area contributed by atoms with Crippen LogP contribution in [0.3, 0.4) is 0 Å². The van der Waals surface area contributed by atoms with E-state index in [2.05, 4.69) is 51.3 Å². The van der Waals surface area contributed by atoms with Gasteiger partial charge in [-0.25, -0.2) is 0 Å². The van der Waals surface area contributed by atoms with Crippen LogP contribution >= 0.6 is 56.5 Å². The lowest BCUT2D eigenvalue weighted by atomic mass is 10.5. The highest BCUT2D eigenvalue weighted by Crippen LogP contribution is 2.24. The van der Waals surface area contributed by atoms with Gasteiger partial charge in [-0.2, -0.15) is 5.26 Å². The van der Waals surface area contributed by atoms with E-state index in [1.165, 1.54) is 17.8 Å². The van der Waals surface area contributed by atoms with Crippen LogP contribution in [0.4, 0.5) is 0 Å². The molecule has 1 aromatic heterocycles. The number of thiophene rings is 1. The second-order valence-electron chi connectivity index (χ2n) is 1.34. The SMILES string of the molecule is N#Cc1cc(I)c(I)s1. The first-order valence-electron chi connectivity index (χ1n) is 2.09. The van der Waals surface area contributed by atoms with E-state index in [1.54, 1.807) is 0 Å². The van der Waals surface area contributed by atoms with Gasteiger partial charge >= 0.3 is 0 Å². The van der Waals surface area contributed by atoms with Gasteiger partial charge in [-0.15, -0.1) is 11.3 Å². The topological polar surface area (TPSA) is 23.8 Å². The Kier molecular flexibility index (Phi) is 2.73. The van der Waals surface area contributed by atoms with Crippen LogP contribution in [0.5, 0.6) is 0 Å². The molecule has 0 amide bonds. The Morgan fingerprint density at radius 1 is 1.56 bits per heavy atom. The van der Waals surface area contributed by atoms with E-state index in [4.69, 9.17) is 5.26 Å². The normalized spacial score (nSPS) is 9.00. The molecule has 0 saturated carbocycles. The molecule has 9 heavy (non-hydrogen) atoms. The van der Waals surface area contributed by atoms with Gasteiger partial charge in [0.2, 0.25) is 0 Å². The van der Waals surface area contributed by atoms with Crippen molar-refractivity contribution in [3.05, 3.63) is 17.4 Å². The quantitative estimate of drug-likeness (QED) is 0.653. The first kappa shape index (κ1) is 7.75. The highest BCUT2D eigenvalue weighted by Gasteiger charge is 2.00. The Balaban J connectivity index is 3.16. The van der Waals surface area contributed by atoms with E-state index < -0.39 is 0 Å². The van der Waals surface area contributed by atoms with Crippen LogP contribution in [0.25, 0.3) is 0 Å². The zero-order valence-electron chi connectivity index (χ0n) is 4.19. The van der Waals surface area contributed by atoms with Gasteiger partial charge in [0.1, 0.15) is 10.9 Å². The monoisotopic (exact) mass is 361 g/mol. The minimum absolute atomic E-state index is 0.795. The van der Waals surface area contributed by atoms with Gasteiger partial charge in [0.25, 0.3) is 0 Å². The van der Waals surface area contributed by atoms with E-state index in [0.717, 1.165) is 4.88 Å². The molecule has 1 rings (SSSR count). The average molecular weight is 361 g/mol. The van der Waals surface area contributed by atoms with Crippen LogP contribution in [-0.4, -0.2) is 0 Å². The Morgan fingerprint density at radius 2 is 2.22 bits per heavy atom. The van der Waals surface area contributed by atoms with E-state index >= 15 is 0 Å². The van der Waals surface area contributed by atoms with Crippen molar-refractivity contribution >= 4 is 56.5 Å². The van der Waals surface area contributed by atoms with Crippen molar-refractivity contribution in [2.45, 2.75) is 0 Å². The summed E-state index contributed by atoms with van der Waals surface area (Å²) < 4.78 is 2.37. The summed E-state index contributed by atoms with van der Waals surface area (Å²) in [6.45, 7) is 0. The molecule has 0 aliphatic carbocycles. The molecule has 0 unspecified atom stereocenters. The highest BCUT2D eigenvalue weighted by atomic mass is 127. The van der Waals surface area contributed by atoms with Crippen LogP contribution in [0.1, 0.15) is 4.88 Å². The van der Waals surface area contributed by atoms with Crippen LogP contribution in [0, 0.1) is 17.8 Å². The zero-order valence-corrected chi connectivity index (χ0v) is 9.32. The third kappa shape index (κ3) is 1.78. The first-order valence-corrected chi connectivity index (χ1v) is 5.06. The molecule has 0 saturated heterocycles. The molecule has 0 aliphatic heterocycles. The summed E-state index contributed by atoms with van der Waals surface area (Å²) in [7, 11) is 0. The molecule has 4 heteroatoms. The molecule has 0 N–H and O–H groups in total. The zero-order chi connectivity index (χ0) is 6.85. The van der Waals surface area contributed by atoms with Gasteiger partial charge < -0.3 is 0 Å². The predicted molar refractivity (Wildman–Crippen MR) is 54.5 cm³/mol. The Bertz CT molecular complexity index is 241. The third-order valence-corrected chi connectivity index (χ3v) is 5.07. The fraction of sp³-hybridized carbons (Fsp3) is 0.